The molecule has 1 amide bonds. The summed E-state index contributed by atoms with van der Waals surface area (Å²) in [6.07, 6.45) is 4.03. The van der Waals surface area contributed by atoms with E-state index in [0.29, 0.717) is 12.2 Å². The van der Waals surface area contributed by atoms with Crippen LogP contribution < -0.4 is 10.9 Å². The summed E-state index contributed by atoms with van der Waals surface area (Å²) >= 11 is 0. The zero-order valence-corrected chi connectivity index (χ0v) is 11.7. The van der Waals surface area contributed by atoms with Crippen molar-refractivity contribution in [3.8, 4) is 0 Å². The number of nitrogens with one attached hydrogen (secondary N) is 2. The lowest BCUT2D eigenvalue weighted by Gasteiger charge is -2.28. The van der Waals surface area contributed by atoms with E-state index in [9.17, 15) is 14.7 Å². The minimum Gasteiger partial charge on any atom is -0.442 e. The van der Waals surface area contributed by atoms with E-state index in [1.54, 1.807) is 6.92 Å². The molecule has 3 N–H and O–H groups in total. The van der Waals surface area contributed by atoms with Gasteiger partial charge in [0.25, 0.3) is 11.5 Å². The molecule has 2 aromatic rings. The Balaban J connectivity index is 1.94. The lowest BCUT2D eigenvalue weighted by molar-refractivity contribution is 0.0717. The van der Waals surface area contributed by atoms with Crippen molar-refractivity contribution in [3.63, 3.8) is 0 Å². The molecule has 7 heteroatoms. The molecule has 112 valence electrons. The van der Waals surface area contributed by atoms with Crippen molar-refractivity contribution in [1.82, 2.24) is 15.3 Å². The molecule has 3 rings (SSSR count). The number of rotatable bonds is 2. The number of nitrogens with zero attached hydrogens (tertiary/aromatic N) is 1. The number of carbonyl (C=O) groups is 1. The van der Waals surface area contributed by atoms with Crippen LogP contribution in [-0.2, 0) is 0 Å². The second-order valence-electron chi connectivity index (χ2n) is 5.38. The molecule has 1 aliphatic rings. The molecule has 2 atom stereocenters. The standard InChI is InChI=1S/C14H17N3O4/c1-7-10(11-12(19)15-6-16-14(11)21-7)13(20)17-8-4-2-3-5-9(8)18/h6,8-9,18H,2-5H2,1H3,(H,17,20)(H,15,16,19)/t8-,9-/m0/s1. The fourth-order valence-electron chi connectivity index (χ4n) is 2.85. The smallest absolute Gasteiger partial charge is 0.262 e. The monoisotopic (exact) mass is 291 g/mol. The highest BCUT2D eigenvalue weighted by atomic mass is 16.3. The van der Waals surface area contributed by atoms with Crippen molar-refractivity contribution in [2.24, 2.45) is 0 Å². The largest absolute Gasteiger partial charge is 0.442 e. The minimum atomic E-state index is -0.544. The number of aliphatic hydroxyl groups excluding tert-OH is 1. The van der Waals surface area contributed by atoms with E-state index in [1.807, 2.05) is 0 Å². The number of H-pyrrole nitrogens is 1. The maximum Gasteiger partial charge on any atom is 0.262 e. The number of fused-ring (bicyclic) bond motifs is 1. The Morgan fingerprint density at radius 3 is 3.00 bits per heavy atom. The zero-order chi connectivity index (χ0) is 15.0. The highest BCUT2D eigenvalue weighted by Crippen LogP contribution is 2.22. The number of carbonyl (C=O) groups excluding carboxylic acids is 1. The van der Waals surface area contributed by atoms with E-state index in [0.717, 1.165) is 19.3 Å². The summed E-state index contributed by atoms with van der Waals surface area (Å²) in [4.78, 5) is 30.7. The Morgan fingerprint density at radius 1 is 1.48 bits per heavy atom. The Kier molecular flexibility index (Phi) is 3.50. The normalized spacial score (nSPS) is 22.4. The number of furan rings is 1. The van der Waals surface area contributed by atoms with Crippen molar-refractivity contribution in [1.29, 1.82) is 0 Å². The van der Waals surface area contributed by atoms with Gasteiger partial charge in [0.05, 0.1) is 24.0 Å². The third-order valence-electron chi connectivity index (χ3n) is 3.94. The van der Waals surface area contributed by atoms with Crippen LogP contribution in [0.4, 0.5) is 0 Å². The summed E-state index contributed by atoms with van der Waals surface area (Å²) < 4.78 is 5.36. The van der Waals surface area contributed by atoms with Gasteiger partial charge in [-0.2, -0.15) is 0 Å². The Hall–Kier alpha value is -2.15. The van der Waals surface area contributed by atoms with Gasteiger partial charge in [-0.05, 0) is 19.8 Å². The fraction of sp³-hybridized carbons (Fsp3) is 0.500. The van der Waals surface area contributed by atoms with E-state index in [4.69, 9.17) is 4.42 Å². The van der Waals surface area contributed by atoms with Crippen molar-refractivity contribution < 1.29 is 14.3 Å². The first-order chi connectivity index (χ1) is 10.1. The number of hydrogen-bond acceptors (Lipinski definition) is 5. The SMILES string of the molecule is Cc1oc2nc[nH]c(=O)c2c1C(=O)N[C@H]1CCCC[C@@H]1O. The maximum absolute atomic E-state index is 12.4. The molecule has 0 radical (unpaired) electrons. The van der Waals surface area contributed by atoms with Gasteiger partial charge in [-0.15, -0.1) is 0 Å². The number of hydrogen-bond donors (Lipinski definition) is 3. The van der Waals surface area contributed by atoms with Gasteiger partial charge in [-0.3, -0.25) is 9.59 Å². The molecule has 0 aromatic carbocycles. The number of aliphatic hydroxyl groups is 1. The zero-order valence-electron chi connectivity index (χ0n) is 11.7. The first-order valence-corrected chi connectivity index (χ1v) is 7.03. The Labute approximate surface area is 120 Å². The minimum absolute atomic E-state index is 0.144. The van der Waals surface area contributed by atoms with Crippen LogP contribution in [0.15, 0.2) is 15.5 Å². The quantitative estimate of drug-likeness (QED) is 0.760. The van der Waals surface area contributed by atoms with E-state index in [-0.39, 0.29) is 22.7 Å². The van der Waals surface area contributed by atoms with Crippen LogP contribution in [0.5, 0.6) is 0 Å². The van der Waals surface area contributed by atoms with Crippen LogP contribution in [-0.4, -0.2) is 33.1 Å². The van der Waals surface area contributed by atoms with Crippen LogP contribution >= 0.6 is 0 Å². The fourth-order valence-corrected chi connectivity index (χ4v) is 2.85. The molecule has 0 aliphatic heterocycles. The number of aromatic nitrogens is 2. The lowest BCUT2D eigenvalue weighted by Crippen LogP contribution is -2.45. The summed E-state index contributed by atoms with van der Waals surface area (Å²) in [5.41, 5.74) is -0.0751. The molecule has 0 bridgehead atoms. The first kappa shape index (κ1) is 13.8. The van der Waals surface area contributed by atoms with Gasteiger partial charge in [0.15, 0.2) is 0 Å². The number of aromatic amines is 1. The average Bonchev–Trinajstić information content (AvgIpc) is 2.79. The van der Waals surface area contributed by atoms with Gasteiger partial charge in [-0.1, -0.05) is 12.8 Å². The molecule has 1 aliphatic carbocycles. The summed E-state index contributed by atoms with van der Waals surface area (Å²) in [5, 5.41) is 12.9. The lowest BCUT2D eigenvalue weighted by atomic mass is 9.92. The van der Waals surface area contributed by atoms with Crippen LogP contribution in [0.1, 0.15) is 41.8 Å². The predicted octanol–water partition coefficient (Wildman–Crippen LogP) is 0.858. The topological polar surface area (TPSA) is 108 Å². The molecule has 21 heavy (non-hydrogen) atoms. The summed E-state index contributed by atoms with van der Waals surface area (Å²) in [5.74, 6) is -0.0623. The van der Waals surface area contributed by atoms with Gasteiger partial charge in [-0.25, -0.2) is 4.98 Å². The average molecular weight is 291 g/mol. The molecule has 1 saturated carbocycles. The molecule has 0 unspecified atom stereocenters. The summed E-state index contributed by atoms with van der Waals surface area (Å²) in [7, 11) is 0. The second kappa shape index (κ2) is 5.33. The van der Waals surface area contributed by atoms with Crippen molar-refractivity contribution >= 4 is 17.0 Å². The van der Waals surface area contributed by atoms with Crippen molar-refractivity contribution in [3.05, 3.63) is 28.0 Å². The van der Waals surface area contributed by atoms with E-state index in [1.165, 1.54) is 6.33 Å². The molecular formula is C14H17N3O4. The first-order valence-electron chi connectivity index (χ1n) is 7.03. The van der Waals surface area contributed by atoms with Gasteiger partial charge in [0.2, 0.25) is 5.71 Å². The van der Waals surface area contributed by atoms with Crippen molar-refractivity contribution in [2.75, 3.05) is 0 Å². The maximum atomic E-state index is 12.4. The van der Waals surface area contributed by atoms with Gasteiger partial charge >= 0.3 is 0 Å². The second-order valence-corrected chi connectivity index (χ2v) is 5.38. The highest BCUT2D eigenvalue weighted by Gasteiger charge is 2.28. The molecule has 0 saturated heterocycles. The van der Waals surface area contributed by atoms with E-state index >= 15 is 0 Å². The number of aryl methyl sites for hydroxylation is 1. The van der Waals surface area contributed by atoms with Crippen molar-refractivity contribution in [2.45, 2.75) is 44.8 Å². The Morgan fingerprint density at radius 2 is 2.24 bits per heavy atom. The highest BCUT2D eigenvalue weighted by molar-refractivity contribution is 6.06. The third kappa shape index (κ3) is 2.44. The van der Waals surface area contributed by atoms with Crippen LogP contribution in [0.25, 0.3) is 11.1 Å². The molecule has 7 nitrogen and oxygen atoms in total. The predicted molar refractivity (Wildman–Crippen MR) is 75.1 cm³/mol. The third-order valence-corrected chi connectivity index (χ3v) is 3.94. The molecule has 2 aromatic heterocycles. The molecule has 2 heterocycles. The summed E-state index contributed by atoms with van der Waals surface area (Å²) in [6.45, 7) is 1.62. The Bertz CT molecular complexity index is 733. The number of amides is 1. The van der Waals surface area contributed by atoms with Gasteiger partial charge in [0.1, 0.15) is 11.1 Å². The van der Waals surface area contributed by atoms with E-state index < -0.39 is 17.6 Å². The van der Waals surface area contributed by atoms with Gasteiger partial charge in [0, 0.05) is 0 Å². The van der Waals surface area contributed by atoms with Crippen LogP contribution in [0.3, 0.4) is 0 Å². The molecule has 0 spiro atoms. The van der Waals surface area contributed by atoms with Gasteiger partial charge < -0.3 is 19.8 Å². The van der Waals surface area contributed by atoms with E-state index in [2.05, 4.69) is 15.3 Å². The van der Waals surface area contributed by atoms with Crippen LogP contribution in [0.2, 0.25) is 0 Å². The van der Waals surface area contributed by atoms with Crippen LogP contribution in [0, 0.1) is 6.92 Å². The molecule has 1 fully saturated rings. The molecular weight excluding hydrogens is 274 g/mol. The summed E-state index contributed by atoms with van der Waals surface area (Å²) in [6, 6.07) is -0.286.